The van der Waals surface area contributed by atoms with Crippen molar-refractivity contribution < 1.29 is 4.79 Å². The lowest BCUT2D eigenvalue weighted by molar-refractivity contribution is -0.121. The van der Waals surface area contributed by atoms with Gasteiger partial charge in [0.2, 0.25) is 5.91 Å². The molecule has 5 heteroatoms. The summed E-state index contributed by atoms with van der Waals surface area (Å²) in [4.78, 5) is 19.1. The number of carbonyl (C=O) groups excluding carboxylic acids is 1. The summed E-state index contributed by atoms with van der Waals surface area (Å²) >= 11 is 0. The second-order valence-electron chi connectivity index (χ2n) is 4.18. The van der Waals surface area contributed by atoms with Crippen LogP contribution in [-0.4, -0.2) is 29.5 Å². The SMILES string of the molecule is CNCCCC(=O)NCc1nc2ccccc2[nH]1. The maximum Gasteiger partial charge on any atom is 0.220 e. The quantitative estimate of drug-likeness (QED) is 0.670. The number of aromatic amines is 1. The third-order valence-corrected chi connectivity index (χ3v) is 2.72. The minimum absolute atomic E-state index is 0.0608. The van der Waals surface area contributed by atoms with E-state index in [4.69, 9.17) is 0 Å². The van der Waals surface area contributed by atoms with Crippen molar-refractivity contribution in [2.24, 2.45) is 0 Å². The minimum atomic E-state index is 0.0608. The third kappa shape index (κ3) is 3.30. The summed E-state index contributed by atoms with van der Waals surface area (Å²) in [5, 5.41) is 5.87. The summed E-state index contributed by atoms with van der Waals surface area (Å²) in [6.07, 6.45) is 1.39. The molecule has 1 aromatic carbocycles. The van der Waals surface area contributed by atoms with Crippen molar-refractivity contribution in [2.75, 3.05) is 13.6 Å². The van der Waals surface area contributed by atoms with Gasteiger partial charge in [-0.3, -0.25) is 4.79 Å². The molecule has 0 aliphatic carbocycles. The Bertz CT molecular complexity index is 487. The Labute approximate surface area is 106 Å². The van der Waals surface area contributed by atoms with Gasteiger partial charge in [0, 0.05) is 6.42 Å². The summed E-state index contributed by atoms with van der Waals surface area (Å²) in [5.41, 5.74) is 1.92. The van der Waals surface area contributed by atoms with Crippen molar-refractivity contribution in [1.82, 2.24) is 20.6 Å². The molecule has 0 spiro atoms. The van der Waals surface area contributed by atoms with E-state index in [0.717, 1.165) is 29.8 Å². The van der Waals surface area contributed by atoms with Crippen molar-refractivity contribution in [3.05, 3.63) is 30.1 Å². The molecule has 2 rings (SSSR count). The largest absolute Gasteiger partial charge is 0.349 e. The van der Waals surface area contributed by atoms with Crippen LogP contribution in [0.25, 0.3) is 11.0 Å². The topological polar surface area (TPSA) is 69.8 Å². The zero-order chi connectivity index (χ0) is 12.8. The first-order valence-corrected chi connectivity index (χ1v) is 6.14. The summed E-state index contributed by atoms with van der Waals surface area (Å²) in [6.45, 7) is 1.31. The van der Waals surface area contributed by atoms with Gasteiger partial charge in [-0.25, -0.2) is 4.98 Å². The van der Waals surface area contributed by atoms with E-state index < -0.39 is 0 Å². The van der Waals surface area contributed by atoms with E-state index in [9.17, 15) is 4.79 Å². The van der Waals surface area contributed by atoms with Crippen LogP contribution in [0.3, 0.4) is 0 Å². The zero-order valence-electron chi connectivity index (χ0n) is 10.5. The zero-order valence-corrected chi connectivity index (χ0v) is 10.5. The van der Waals surface area contributed by atoms with Gasteiger partial charge in [-0.05, 0) is 32.1 Å². The average Bonchev–Trinajstić information content (AvgIpc) is 2.79. The first-order valence-electron chi connectivity index (χ1n) is 6.14. The predicted molar refractivity (Wildman–Crippen MR) is 71.1 cm³/mol. The molecule has 0 saturated heterocycles. The Morgan fingerprint density at radius 1 is 1.39 bits per heavy atom. The Balaban J connectivity index is 1.84. The van der Waals surface area contributed by atoms with E-state index in [1.807, 2.05) is 31.3 Å². The minimum Gasteiger partial charge on any atom is -0.349 e. The smallest absolute Gasteiger partial charge is 0.220 e. The molecule has 0 atom stereocenters. The highest BCUT2D eigenvalue weighted by molar-refractivity contribution is 5.76. The number of nitrogens with one attached hydrogen (secondary N) is 3. The number of rotatable bonds is 6. The molecule has 0 aliphatic rings. The molecule has 0 radical (unpaired) electrons. The first-order chi connectivity index (χ1) is 8.79. The van der Waals surface area contributed by atoms with E-state index >= 15 is 0 Å². The van der Waals surface area contributed by atoms with Gasteiger partial charge in [0.15, 0.2) is 0 Å². The number of hydrogen-bond acceptors (Lipinski definition) is 3. The van der Waals surface area contributed by atoms with Crippen LogP contribution < -0.4 is 10.6 Å². The predicted octanol–water partition coefficient (Wildman–Crippen LogP) is 1.18. The van der Waals surface area contributed by atoms with Crippen molar-refractivity contribution in [1.29, 1.82) is 0 Å². The van der Waals surface area contributed by atoms with Gasteiger partial charge in [-0.1, -0.05) is 12.1 Å². The van der Waals surface area contributed by atoms with Gasteiger partial charge in [-0.2, -0.15) is 0 Å². The van der Waals surface area contributed by atoms with Gasteiger partial charge in [0.25, 0.3) is 0 Å². The maximum atomic E-state index is 11.5. The molecular weight excluding hydrogens is 228 g/mol. The summed E-state index contributed by atoms with van der Waals surface area (Å²) < 4.78 is 0. The van der Waals surface area contributed by atoms with Gasteiger partial charge >= 0.3 is 0 Å². The molecule has 3 N–H and O–H groups in total. The van der Waals surface area contributed by atoms with Crippen LogP contribution in [0.5, 0.6) is 0 Å². The number of para-hydroxylation sites is 2. The number of carbonyl (C=O) groups is 1. The first kappa shape index (κ1) is 12.6. The lowest BCUT2D eigenvalue weighted by Crippen LogP contribution is -2.24. The molecule has 18 heavy (non-hydrogen) atoms. The number of benzene rings is 1. The highest BCUT2D eigenvalue weighted by Crippen LogP contribution is 2.09. The number of imidazole rings is 1. The number of nitrogens with zero attached hydrogens (tertiary/aromatic N) is 1. The molecule has 1 heterocycles. The summed E-state index contributed by atoms with van der Waals surface area (Å²) in [5.74, 6) is 0.851. The van der Waals surface area contributed by atoms with Crippen LogP contribution >= 0.6 is 0 Å². The highest BCUT2D eigenvalue weighted by atomic mass is 16.1. The van der Waals surface area contributed by atoms with E-state index in [2.05, 4.69) is 20.6 Å². The summed E-state index contributed by atoms with van der Waals surface area (Å²) in [6, 6.07) is 7.83. The second kappa shape index (κ2) is 6.16. The van der Waals surface area contributed by atoms with Gasteiger partial charge in [0.1, 0.15) is 5.82 Å². The molecule has 1 aromatic heterocycles. The average molecular weight is 246 g/mol. The second-order valence-corrected chi connectivity index (χ2v) is 4.18. The Morgan fingerprint density at radius 2 is 2.22 bits per heavy atom. The number of H-pyrrole nitrogens is 1. The number of fused-ring (bicyclic) bond motifs is 1. The standard InChI is InChI=1S/C13H18N4O/c1-14-8-4-7-13(18)15-9-12-16-10-5-2-3-6-11(10)17-12/h2-3,5-6,14H,4,7-9H2,1H3,(H,15,18)(H,16,17). The molecule has 5 nitrogen and oxygen atoms in total. The molecule has 0 unspecified atom stereocenters. The molecule has 0 aliphatic heterocycles. The van der Waals surface area contributed by atoms with Crippen LogP contribution in [0.4, 0.5) is 0 Å². The van der Waals surface area contributed by atoms with Crippen molar-refractivity contribution in [3.8, 4) is 0 Å². The number of hydrogen-bond donors (Lipinski definition) is 3. The van der Waals surface area contributed by atoms with Gasteiger partial charge < -0.3 is 15.6 Å². The normalized spacial score (nSPS) is 10.7. The van der Waals surface area contributed by atoms with E-state index in [1.165, 1.54) is 0 Å². The Kier molecular flexibility index (Phi) is 4.30. The monoisotopic (exact) mass is 246 g/mol. The van der Waals surface area contributed by atoms with Crippen molar-refractivity contribution in [2.45, 2.75) is 19.4 Å². The summed E-state index contributed by atoms with van der Waals surface area (Å²) in [7, 11) is 1.88. The Hall–Kier alpha value is -1.88. The molecule has 2 aromatic rings. The fourth-order valence-electron chi connectivity index (χ4n) is 1.79. The molecule has 1 amide bonds. The molecule has 0 bridgehead atoms. The van der Waals surface area contributed by atoms with Crippen LogP contribution in [0.15, 0.2) is 24.3 Å². The molecule has 96 valence electrons. The fourth-order valence-corrected chi connectivity index (χ4v) is 1.79. The van der Waals surface area contributed by atoms with Crippen molar-refractivity contribution >= 4 is 16.9 Å². The van der Waals surface area contributed by atoms with E-state index in [0.29, 0.717) is 13.0 Å². The maximum absolute atomic E-state index is 11.5. The lowest BCUT2D eigenvalue weighted by Gasteiger charge is -2.02. The van der Waals surface area contributed by atoms with Crippen LogP contribution in [0, 0.1) is 0 Å². The van der Waals surface area contributed by atoms with Gasteiger partial charge in [-0.15, -0.1) is 0 Å². The molecule has 0 saturated carbocycles. The van der Waals surface area contributed by atoms with Crippen LogP contribution in [0.1, 0.15) is 18.7 Å². The van der Waals surface area contributed by atoms with E-state index in [-0.39, 0.29) is 5.91 Å². The number of aromatic nitrogens is 2. The highest BCUT2D eigenvalue weighted by Gasteiger charge is 2.04. The van der Waals surface area contributed by atoms with E-state index in [1.54, 1.807) is 0 Å². The van der Waals surface area contributed by atoms with Crippen molar-refractivity contribution in [3.63, 3.8) is 0 Å². The molecule has 0 fully saturated rings. The van der Waals surface area contributed by atoms with Gasteiger partial charge in [0.05, 0.1) is 17.6 Å². The number of amides is 1. The molecular formula is C13H18N4O. The Morgan fingerprint density at radius 3 is 3.00 bits per heavy atom. The fraction of sp³-hybridized carbons (Fsp3) is 0.385. The third-order valence-electron chi connectivity index (χ3n) is 2.72. The lowest BCUT2D eigenvalue weighted by atomic mass is 10.3. The van der Waals surface area contributed by atoms with Crippen LogP contribution in [-0.2, 0) is 11.3 Å². The van der Waals surface area contributed by atoms with Crippen LogP contribution in [0.2, 0.25) is 0 Å².